The van der Waals surface area contributed by atoms with Gasteiger partial charge in [0.25, 0.3) is 5.91 Å². The molecule has 2 N–H and O–H groups in total. The maximum atomic E-state index is 12.3. The number of pyridine rings is 1. The van der Waals surface area contributed by atoms with Crippen LogP contribution >= 0.6 is 0 Å². The minimum absolute atomic E-state index is 0.296. The van der Waals surface area contributed by atoms with Crippen molar-refractivity contribution in [3.05, 3.63) is 30.1 Å². The Hall–Kier alpha value is -2.44. The molecule has 1 aliphatic heterocycles. The van der Waals surface area contributed by atoms with Crippen molar-refractivity contribution in [3.8, 4) is 0 Å². The van der Waals surface area contributed by atoms with E-state index in [2.05, 4.69) is 10.3 Å². The number of nitrogens with one attached hydrogen (secondary N) is 1. The molecule has 0 aromatic carbocycles. The third-order valence-corrected chi connectivity index (χ3v) is 2.89. The lowest BCUT2D eigenvalue weighted by Crippen LogP contribution is -2.57. The molecular formula is C12H13N3O4. The zero-order chi connectivity index (χ0) is 13.8. The quantitative estimate of drug-likeness (QED) is 0.765. The zero-order valence-corrected chi connectivity index (χ0v) is 10.1. The normalized spacial score (nSPS) is 18.8. The summed E-state index contributed by atoms with van der Waals surface area (Å²) in [5.74, 6) is -1.91. The minimum Gasteiger partial charge on any atom is -0.481 e. The van der Waals surface area contributed by atoms with Crippen LogP contribution in [0.15, 0.2) is 24.5 Å². The van der Waals surface area contributed by atoms with Gasteiger partial charge in [-0.05, 0) is 12.1 Å². The highest BCUT2D eigenvalue weighted by molar-refractivity contribution is 5.99. The van der Waals surface area contributed by atoms with E-state index in [1.54, 1.807) is 0 Å². The van der Waals surface area contributed by atoms with E-state index in [1.807, 2.05) is 0 Å². The van der Waals surface area contributed by atoms with Crippen LogP contribution in [0, 0.1) is 0 Å². The summed E-state index contributed by atoms with van der Waals surface area (Å²) in [4.78, 5) is 39.9. The highest BCUT2D eigenvalue weighted by atomic mass is 16.4. The topological polar surface area (TPSA) is 99.6 Å². The molecule has 7 nitrogen and oxygen atoms in total. The molecule has 2 amide bonds. The van der Waals surface area contributed by atoms with Gasteiger partial charge in [-0.2, -0.15) is 0 Å². The van der Waals surface area contributed by atoms with E-state index in [9.17, 15) is 14.4 Å². The average Bonchev–Trinajstić information content (AvgIpc) is 2.41. The first-order valence-corrected chi connectivity index (χ1v) is 5.80. The number of amides is 2. The van der Waals surface area contributed by atoms with E-state index in [4.69, 9.17) is 5.11 Å². The van der Waals surface area contributed by atoms with Crippen molar-refractivity contribution < 1.29 is 19.5 Å². The Morgan fingerprint density at radius 3 is 2.74 bits per heavy atom. The Bertz CT molecular complexity index is 503. The molecule has 1 unspecified atom stereocenters. The van der Waals surface area contributed by atoms with Crippen molar-refractivity contribution in [2.75, 3.05) is 13.1 Å². The lowest BCUT2D eigenvalue weighted by atomic mass is 10.1. The summed E-state index contributed by atoms with van der Waals surface area (Å²) in [5, 5.41) is 11.4. The third kappa shape index (κ3) is 2.87. The number of hydrogen-bond donors (Lipinski definition) is 2. The molecule has 1 aromatic heterocycles. The van der Waals surface area contributed by atoms with E-state index in [0.717, 1.165) is 0 Å². The van der Waals surface area contributed by atoms with Gasteiger partial charge in [-0.15, -0.1) is 0 Å². The van der Waals surface area contributed by atoms with Crippen LogP contribution in [0.1, 0.15) is 16.8 Å². The van der Waals surface area contributed by atoms with Crippen LogP contribution in [0.25, 0.3) is 0 Å². The SMILES string of the molecule is O=C(O)CC1C(=O)NCCN1C(=O)c1ccncc1. The van der Waals surface area contributed by atoms with Crippen LogP contribution < -0.4 is 5.32 Å². The Labute approximate surface area is 109 Å². The molecule has 2 heterocycles. The molecule has 19 heavy (non-hydrogen) atoms. The molecule has 100 valence electrons. The standard InChI is InChI=1S/C12H13N3O4/c16-10(17)7-9-11(18)14-5-6-15(9)12(19)8-1-3-13-4-2-8/h1-4,9H,5-7H2,(H,14,18)(H,16,17). The van der Waals surface area contributed by atoms with Gasteiger partial charge in [0.15, 0.2) is 0 Å². The van der Waals surface area contributed by atoms with Crippen molar-refractivity contribution in [2.24, 2.45) is 0 Å². The molecule has 2 rings (SSSR count). The van der Waals surface area contributed by atoms with Crippen LogP contribution in [0.4, 0.5) is 0 Å². The van der Waals surface area contributed by atoms with Gasteiger partial charge >= 0.3 is 5.97 Å². The number of hydrogen-bond acceptors (Lipinski definition) is 4. The monoisotopic (exact) mass is 263 g/mol. The Morgan fingerprint density at radius 2 is 2.11 bits per heavy atom. The Kier molecular flexibility index (Phi) is 3.74. The lowest BCUT2D eigenvalue weighted by Gasteiger charge is -2.34. The maximum Gasteiger partial charge on any atom is 0.305 e. The summed E-state index contributed by atoms with van der Waals surface area (Å²) in [7, 11) is 0. The molecule has 0 aliphatic carbocycles. The molecule has 0 radical (unpaired) electrons. The molecule has 0 spiro atoms. The van der Waals surface area contributed by atoms with Crippen LogP contribution in [-0.4, -0.2) is 51.9 Å². The summed E-state index contributed by atoms with van der Waals surface area (Å²) in [6, 6.07) is 2.10. The van der Waals surface area contributed by atoms with Gasteiger partial charge in [0, 0.05) is 31.0 Å². The van der Waals surface area contributed by atoms with Crippen molar-refractivity contribution in [2.45, 2.75) is 12.5 Å². The van der Waals surface area contributed by atoms with E-state index < -0.39 is 24.3 Å². The fourth-order valence-corrected chi connectivity index (χ4v) is 1.99. The summed E-state index contributed by atoms with van der Waals surface area (Å²) in [6.07, 6.45) is 2.55. The van der Waals surface area contributed by atoms with Crippen LogP contribution in [-0.2, 0) is 9.59 Å². The third-order valence-electron chi connectivity index (χ3n) is 2.89. The second kappa shape index (κ2) is 5.47. The van der Waals surface area contributed by atoms with Crippen LogP contribution in [0.3, 0.4) is 0 Å². The molecule has 1 atom stereocenters. The fraction of sp³-hybridized carbons (Fsp3) is 0.333. The van der Waals surface area contributed by atoms with Crippen molar-refractivity contribution in [3.63, 3.8) is 0 Å². The largest absolute Gasteiger partial charge is 0.481 e. The van der Waals surface area contributed by atoms with E-state index >= 15 is 0 Å². The van der Waals surface area contributed by atoms with Crippen molar-refractivity contribution in [1.82, 2.24) is 15.2 Å². The predicted octanol–water partition coefficient (Wildman–Crippen LogP) is -0.503. The molecule has 0 saturated carbocycles. The van der Waals surface area contributed by atoms with Crippen LogP contribution in [0.5, 0.6) is 0 Å². The van der Waals surface area contributed by atoms with E-state index in [-0.39, 0.29) is 5.91 Å². The van der Waals surface area contributed by atoms with Gasteiger partial charge in [-0.3, -0.25) is 19.4 Å². The predicted molar refractivity (Wildman–Crippen MR) is 64.3 cm³/mol. The average molecular weight is 263 g/mol. The number of nitrogens with zero attached hydrogens (tertiary/aromatic N) is 2. The molecule has 1 aliphatic rings. The lowest BCUT2D eigenvalue weighted by molar-refractivity contribution is -0.142. The maximum absolute atomic E-state index is 12.3. The van der Waals surface area contributed by atoms with Gasteiger partial charge in [0.2, 0.25) is 5.91 Å². The highest BCUT2D eigenvalue weighted by Gasteiger charge is 2.34. The summed E-state index contributed by atoms with van der Waals surface area (Å²) in [5.41, 5.74) is 0.389. The van der Waals surface area contributed by atoms with Gasteiger partial charge in [-0.1, -0.05) is 0 Å². The number of aliphatic carboxylic acids is 1. The number of aromatic nitrogens is 1. The molecule has 1 aromatic rings. The number of rotatable bonds is 3. The highest BCUT2D eigenvalue weighted by Crippen LogP contribution is 2.13. The molecule has 0 bridgehead atoms. The number of carboxylic acid groups (broad SMARTS) is 1. The summed E-state index contributed by atoms with van der Waals surface area (Å²) >= 11 is 0. The summed E-state index contributed by atoms with van der Waals surface area (Å²) < 4.78 is 0. The minimum atomic E-state index is -1.12. The van der Waals surface area contributed by atoms with Gasteiger partial charge < -0.3 is 15.3 Å². The molecule has 1 saturated heterocycles. The first-order valence-electron chi connectivity index (χ1n) is 5.80. The number of carboxylic acids is 1. The van der Waals surface area contributed by atoms with E-state index in [0.29, 0.717) is 18.7 Å². The van der Waals surface area contributed by atoms with Crippen molar-refractivity contribution >= 4 is 17.8 Å². The second-order valence-corrected chi connectivity index (χ2v) is 4.14. The second-order valence-electron chi connectivity index (χ2n) is 4.14. The number of carbonyl (C=O) groups is 3. The molecule has 1 fully saturated rings. The van der Waals surface area contributed by atoms with Crippen molar-refractivity contribution in [1.29, 1.82) is 0 Å². The van der Waals surface area contributed by atoms with Gasteiger partial charge in [0.05, 0.1) is 6.42 Å². The zero-order valence-electron chi connectivity index (χ0n) is 10.1. The first-order chi connectivity index (χ1) is 9.09. The summed E-state index contributed by atoms with van der Waals surface area (Å²) in [6.45, 7) is 0.622. The molecular weight excluding hydrogens is 250 g/mol. The van der Waals surface area contributed by atoms with Gasteiger partial charge in [0.1, 0.15) is 6.04 Å². The van der Waals surface area contributed by atoms with E-state index in [1.165, 1.54) is 29.4 Å². The Morgan fingerprint density at radius 1 is 1.42 bits per heavy atom. The van der Waals surface area contributed by atoms with Crippen LogP contribution in [0.2, 0.25) is 0 Å². The smallest absolute Gasteiger partial charge is 0.305 e. The first kappa shape index (κ1) is 13.0. The number of piperazine rings is 1. The number of carbonyl (C=O) groups excluding carboxylic acids is 2. The van der Waals surface area contributed by atoms with Gasteiger partial charge in [-0.25, -0.2) is 0 Å². The fourth-order valence-electron chi connectivity index (χ4n) is 1.99. The Balaban J connectivity index is 2.22. The molecule has 7 heteroatoms.